The maximum atomic E-state index is 12.4. The monoisotopic (exact) mass is 275 g/mol. The summed E-state index contributed by atoms with van der Waals surface area (Å²) < 4.78 is 0. The Labute approximate surface area is 119 Å². The van der Waals surface area contributed by atoms with E-state index in [4.69, 9.17) is 0 Å². The van der Waals surface area contributed by atoms with E-state index in [-0.39, 0.29) is 11.9 Å². The number of likely N-dealkylation sites (N-methyl/N-ethyl adjacent to an activating group) is 2. The molecule has 2 rings (SSSR count). The Morgan fingerprint density at radius 1 is 1.40 bits per heavy atom. The molecule has 108 valence electrons. The van der Waals surface area contributed by atoms with Crippen molar-refractivity contribution >= 4 is 23.7 Å². The van der Waals surface area contributed by atoms with Gasteiger partial charge in [0.25, 0.3) is 0 Å². The number of hydrogen-bond acceptors (Lipinski definition) is 3. The summed E-state index contributed by atoms with van der Waals surface area (Å²) in [5, 5.41) is 0. The standard InChI is InChI=1S/C15H21N3O2/c1-5-18(10-19)14-8-11-6-7-12(16(2)3)9-13(11)17(4)15(14)20/h6-7,9-10,14H,5,8H2,1-4H3. The highest BCUT2D eigenvalue weighted by atomic mass is 16.2. The summed E-state index contributed by atoms with van der Waals surface area (Å²) in [7, 11) is 5.71. The number of nitrogens with zero attached hydrogens (tertiary/aromatic N) is 3. The topological polar surface area (TPSA) is 43.9 Å². The normalized spacial score (nSPS) is 17.7. The van der Waals surface area contributed by atoms with E-state index in [9.17, 15) is 9.59 Å². The minimum absolute atomic E-state index is 0.0256. The summed E-state index contributed by atoms with van der Waals surface area (Å²) in [6.07, 6.45) is 1.34. The van der Waals surface area contributed by atoms with E-state index < -0.39 is 0 Å². The van der Waals surface area contributed by atoms with Crippen LogP contribution < -0.4 is 9.80 Å². The molecular formula is C15H21N3O2. The second-order valence-corrected chi connectivity index (χ2v) is 5.26. The Bertz CT molecular complexity index is 528. The molecular weight excluding hydrogens is 254 g/mol. The highest BCUT2D eigenvalue weighted by molar-refractivity contribution is 6.01. The molecule has 0 saturated heterocycles. The van der Waals surface area contributed by atoms with Gasteiger partial charge in [-0.25, -0.2) is 0 Å². The Morgan fingerprint density at radius 2 is 2.10 bits per heavy atom. The Morgan fingerprint density at radius 3 is 2.65 bits per heavy atom. The van der Waals surface area contributed by atoms with E-state index in [1.807, 2.05) is 44.1 Å². The van der Waals surface area contributed by atoms with Crippen molar-refractivity contribution in [2.24, 2.45) is 0 Å². The molecule has 1 aromatic rings. The van der Waals surface area contributed by atoms with Crippen LogP contribution in [0.25, 0.3) is 0 Å². The number of fused-ring (bicyclic) bond motifs is 1. The van der Waals surface area contributed by atoms with E-state index in [0.717, 1.165) is 23.3 Å². The molecule has 1 atom stereocenters. The fourth-order valence-corrected chi connectivity index (χ4v) is 2.58. The van der Waals surface area contributed by atoms with Crippen molar-refractivity contribution in [3.63, 3.8) is 0 Å². The molecule has 20 heavy (non-hydrogen) atoms. The molecule has 0 saturated carbocycles. The van der Waals surface area contributed by atoms with Crippen LogP contribution in [-0.4, -0.2) is 50.9 Å². The lowest BCUT2D eigenvalue weighted by Crippen LogP contribution is -2.51. The largest absolute Gasteiger partial charge is 0.378 e. The predicted molar refractivity (Wildman–Crippen MR) is 80.1 cm³/mol. The van der Waals surface area contributed by atoms with Crippen molar-refractivity contribution in [1.29, 1.82) is 0 Å². The lowest BCUT2D eigenvalue weighted by atomic mass is 9.96. The van der Waals surface area contributed by atoms with Gasteiger partial charge in [-0.15, -0.1) is 0 Å². The van der Waals surface area contributed by atoms with Crippen LogP contribution in [0.15, 0.2) is 18.2 Å². The molecule has 1 aliphatic rings. The number of carbonyl (C=O) groups excluding carboxylic acids is 2. The Hall–Kier alpha value is -2.04. The molecule has 0 spiro atoms. The first-order valence-electron chi connectivity index (χ1n) is 6.78. The second kappa shape index (κ2) is 5.53. The molecule has 0 aromatic heterocycles. The number of benzene rings is 1. The summed E-state index contributed by atoms with van der Waals surface area (Å²) in [6.45, 7) is 2.42. The summed E-state index contributed by atoms with van der Waals surface area (Å²) >= 11 is 0. The lowest BCUT2D eigenvalue weighted by Gasteiger charge is -2.36. The fourth-order valence-electron chi connectivity index (χ4n) is 2.58. The maximum absolute atomic E-state index is 12.4. The van der Waals surface area contributed by atoms with Crippen LogP contribution in [0.5, 0.6) is 0 Å². The average molecular weight is 275 g/mol. The molecule has 0 fully saturated rings. The first-order valence-corrected chi connectivity index (χ1v) is 6.78. The van der Waals surface area contributed by atoms with Gasteiger partial charge < -0.3 is 14.7 Å². The molecule has 1 unspecified atom stereocenters. The molecule has 5 heteroatoms. The van der Waals surface area contributed by atoms with Gasteiger partial charge in [-0.1, -0.05) is 6.07 Å². The summed E-state index contributed by atoms with van der Waals surface area (Å²) in [5.74, 6) is -0.0256. The summed E-state index contributed by atoms with van der Waals surface area (Å²) in [6, 6.07) is 5.71. The number of hydrogen-bond donors (Lipinski definition) is 0. The van der Waals surface area contributed by atoms with Gasteiger partial charge in [0.1, 0.15) is 6.04 Å². The van der Waals surface area contributed by atoms with Crippen LogP contribution >= 0.6 is 0 Å². The number of anilines is 2. The average Bonchev–Trinajstić information content (AvgIpc) is 2.44. The molecule has 1 aliphatic heterocycles. The van der Waals surface area contributed by atoms with Crippen LogP contribution in [0.2, 0.25) is 0 Å². The van der Waals surface area contributed by atoms with Crippen LogP contribution in [0.3, 0.4) is 0 Å². The minimum atomic E-state index is -0.389. The zero-order valence-electron chi connectivity index (χ0n) is 12.5. The lowest BCUT2D eigenvalue weighted by molar-refractivity contribution is -0.131. The molecule has 1 heterocycles. The van der Waals surface area contributed by atoms with E-state index in [1.54, 1.807) is 16.8 Å². The third-order valence-corrected chi connectivity index (χ3v) is 3.88. The fraction of sp³-hybridized carbons (Fsp3) is 0.467. The molecule has 5 nitrogen and oxygen atoms in total. The third kappa shape index (κ3) is 2.35. The highest BCUT2D eigenvalue weighted by Gasteiger charge is 2.33. The minimum Gasteiger partial charge on any atom is -0.378 e. The van der Waals surface area contributed by atoms with E-state index in [0.29, 0.717) is 13.0 Å². The van der Waals surface area contributed by atoms with E-state index in [2.05, 4.69) is 0 Å². The molecule has 0 N–H and O–H groups in total. The van der Waals surface area contributed by atoms with Gasteiger partial charge in [-0.2, -0.15) is 0 Å². The SMILES string of the molecule is CCN(C=O)C1Cc2ccc(N(C)C)cc2N(C)C1=O. The van der Waals surface area contributed by atoms with Gasteiger partial charge in [0.15, 0.2) is 0 Å². The Kier molecular flexibility index (Phi) is 3.97. The third-order valence-electron chi connectivity index (χ3n) is 3.88. The van der Waals surface area contributed by atoms with E-state index in [1.165, 1.54) is 0 Å². The Balaban J connectivity index is 2.39. The van der Waals surface area contributed by atoms with Gasteiger partial charge in [-0.05, 0) is 24.6 Å². The zero-order chi connectivity index (χ0) is 14.9. The molecule has 1 aromatic carbocycles. The highest BCUT2D eigenvalue weighted by Crippen LogP contribution is 2.31. The van der Waals surface area contributed by atoms with Crippen LogP contribution in [0, 0.1) is 0 Å². The zero-order valence-corrected chi connectivity index (χ0v) is 12.5. The van der Waals surface area contributed by atoms with Gasteiger partial charge in [0.05, 0.1) is 0 Å². The second-order valence-electron chi connectivity index (χ2n) is 5.26. The van der Waals surface area contributed by atoms with Crippen LogP contribution in [-0.2, 0) is 16.0 Å². The first-order chi connectivity index (χ1) is 9.49. The maximum Gasteiger partial charge on any atom is 0.249 e. The van der Waals surface area contributed by atoms with Crippen molar-refractivity contribution in [3.8, 4) is 0 Å². The number of rotatable bonds is 4. The van der Waals surface area contributed by atoms with Gasteiger partial charge in [0, 0.05) is 45.5 Å². The van der Waals surface area contributed by atoms with E-state index >= 15 is 0 Å². The smallest absolute Gasteiger partial charge is 0.249 e. The summed E-state index contributed by atoms with van der Waals surface area (Å²) in [5.41, 5.74) is 3.09. The van der Waals surface area contributed by atoms with Crippen molar-refractivity contribution in [2.45, 2.75) is 19.4 Å². The van der Waals surface area contributed by atoms with Gasteiger partial charge >= 0.3 is 0 Å². The molecule has 2 amide bonds. The van der Waals surface area contributed by atoms with Crippen molar-refractivity contribution in [3.05, 3.63) is 23.8 Å². The molecule has 0 radical (unpaired) electrons. The first kappa shape index (κ1) is 14.4. The van der Waals surface area contributed by atoms with Gasteiger partial charge in [-0.3, -0.25) is 9.59 Å². The molecule has 0 aliphatic carbocycles. The van der Waals surface area contributed by atoms with Crippen LogP contribution in [0.1, 0.15) is 12.5 Å². The van der Waals surface area contributed by atoms with Crippen molar-refractivity contribution < 1.29 is 9.59 Å². The van der Waals surface area contributed by atoms with Crippen molar-refractivity contribution in [2.75, 3.05) is 37.5 Å². The number of carbonyl (C=O) groups is 2. The van der Waals surface area contributed by atoms with Crippen LogP contribution in [0.4, 0.5) is 11.4 Å². The van der Waals surface area contributed by atoms with Crippen molar-refractivity contribution in [1.82, 2.24) is 4.90 Å². The quantitative estimate of drug-likeness (QED) is 0.773. The summed E-state index contributed by atoms with van der Waals surface area (Å²) in [4.78, 5) is 28.8. The van der Waals surface area contributed by atoms with Gasteiger partial charge in [0.2, 0.25) is 12.3 Å². The number of amides is 2. The molecule has 0 bridgehead atoms. The predicted octanol–water partition coefficient (Wildman–Crippen LogP) is 1.12.